The number of phenolic OH excluding ortho intramolecular Hbond substituents is 9. The van der Waals surface area contributed by atoms with Crippen molar-refractivity contribution in [2.75, 3.05) is 0 Å². The highest BCUT2D eigenvalue weighted by molar-refractivity contribution is 6.30. The predicted octanol–water partition coefficient (Wildman–Crippen LogP) is 10.2. The van der Waals surface area contributed by atoms with Crippen molar-refractivity contribution in [2.45, 2.75) is 34.6 Å². The number of phenols is 9. The SMILES string of the molecule is Cc1c(C)c(-c2c3c(C)c(O)c(-c4ccccc4)c(C)c3c(-c3ccc4ccccc4c3)c3c(O)c(O)c(O)c(O)c23)c2c(O)c(O)c(O)c(O)c2c1C. The maximum atomic E-state index is 12.2. The van der Waals surface area contributed by atoms with Crippen LogP contribution in [0.1, 0.15) is 27.8 Å². The standard InChI is InChI=1S/C45H36O9/c1-18-19(2)28(34-31(20(18)3)38(47)42(51)43(52)39(34)48)33-30-22(5)37(46)27(24-12-7-6-8-13-24)21(4)29(30)32(26-16-15-23-11-9-10-14-25(23)17-26)35-36(33)41(50)45(54)44(53)40(35)49/h6-17,46-54H,1-5H3. The van der Waals surface area contributed by atoms with Crippen molar-refractivity contribution in [1.29, 1.82) is 0 Å². The summed E-state index contributed by atoms with van der Waals surface area (Å²) in [5.74, 6) is -7.00. The molecular weight excluding hydrogens is 684 g/mol. The highest BCUT2D eigenvalue weighted by atomic mass is 16.4. The van der Waals surface area contributed by atoms with Crippen molar-refractivity contribution in [3.63, 3.8) is 0 Å². The van der Waals surface area contributed by atoms with Crippen LogP contribution in [0.3, 0.4) is 0 Å². The second-order valence-corrected chi connectivity index (χ2v) is 13.9. The summed E-state index contributed by atoms with van der Waals surface area (Å²) in [5.41, 5.74) is 4.89. The first-order valence-electron chi connectivity index (χ1n) is 17.2. The number of hydrogen-bond donors (Lipinski definition) is 9. The monoisotopic (exact) mass is 720 g/mol. The van der Waals surface area contributed by atoms with E-state index < -0.39 is 46.0 Å². The lowest BCUT2D eigenvalue weighted by atomic mass is 9.77. The van der Waals surface area contributed by atoms with Gasteiger partial charge in [0.15, 0.2) is 23.0 Å². The zero-order valence-electron chi connectivity index (χ0n) is 30.0. The zero-order chi connectivity index (χ0) is 38.7. The molecule has 8 rings (SSSR count). The maximum absolute atomic E-state index is 12.2. The van der Waals surface area contributed by atoms with Gasteiger partial charge in [0.1, 0.15) is 5.75 Å². The lowest BCUT2D eigenvalue weighted by Crippen LogP contribution is -2.02. The first-order chi connectivity index (χ1) is 25.7. The number of hydrogen-bond acceptors (Lipinski definition) is 9. The number of benzene rings is 8. The quantitative estimate of drug-likeness (QED) is 0.0487. The van der Waals surface area contributed by atoms with Crippen LogP contribution in [0, 0.1) is 34.6 Å². The summed E-state index contributed by atoms with van der Waals surface area (Å²) in [7, 11) is 0. The molecule has 9 N–H and O–H groups in total. The Morgan fingerprint density at radius 3 is 1.35 bits per heavy atom. The molecule has 0 aliphatic rings. The number of aromatic hydroxyl groups is 9. The number of fused-ring (bicyclic) bond motifs is 4. The van der Waals surface area contributed by atoms with E-state index >= 15 is 0 Å². The molecule has 54 heavy (non-hydrogen) atoms. The summed E-state index contributed by atoms with van der Waals surface area (Å²) in [6.45, 7) is 8.71. The van der Waals surface area contributed by atoms with Gasteiger partial charge >= 0.3 is 0 Å². The van der Waals surface area contributed by atoms with E-state index in [1.54, 1.807) is 27.7 Å². The second-order valence-electron chi connectivity index (χ2n) is 13.9. The largest absolute Gasteiger partial charge is 0.507 e. The molecule has 9 heteroatoms. The van der Waals surface area contributed by atoms with Gasteiger partial charge in [-0.15, -0.1) is 0 Å². The van der Waals surface area contributed by atoms with E-state index in [1.165, 1.54) is 0 Å². The molecule has 0 saturated carbocycles. The molecule has 0 aromatic heterocycles. The van der Waals surface area contributed by atoms with Crippen LogP contribution in [0.5, 0.6) is 51.7 Å². The Kier molecular flexibility index (Phi) is 7.43. The van der Waals surface area contributed by atoms with Crippen LogP contribution in [0.2, 0.25) is 0 Å². The van der Waals surface area contributed by atoms with Gasteiger partial charge in [-0.2, -0.15) is 0 Å². The molecule has 0 amide bonds. The van der Waals surface area contributed by atoms with Gasteiger partial charge in [-0.05, 0) is 107 Å². The first-order valence-corrected chi connectivity index (χ1v) is 17.2. The lowest BCUT2D eigenvalue weighted by Gasteiger charge is -2.27. The van der Waals surface area contributed by atoms with Crippen molar-refractivity contribution in [1.82, 2.24) is 0 Å². The number of aryl methyl sites for hydroxylation is 3. The Morgan fingerprint density at radius 2 is 0.759 bits per heavy atom. The van der Waals surface area contributed by atoms with Gasteiger partial charge in [-0.1, -0.05) is 66.7 Å². The molecule has 0 aliphatic carbocycles. The first kappa shape index (κ1) is 34.1. The Balaban J connectivity index is 1.78. The molecule has 8 aromatic carbocycles. The minimum Gasteiger partial charge on any atom is -0.507 e. The molecule has 0 radical (unpaired) electrons. The van der Waals surface area contributed by atoms with Gasteiger partial charge in [-0.25, -0.2) is 0 Å². The van der Waals surface area contributed by atoms with E-state index in [2.05, 4.69) is 0 Å². The van der Waals surface area contributed by atoms with Gasteiger partial charge < -0.3 is 46.0 Å². The van der Waals surface area contributed by atoms with Gasteiger partial charge in [0.05, 0.1) is 0 Å². The molecule has 0 atom stereocenters. The third-order valence-corrected chi connectivity index (χ3v) is 11.2. The fourth-order valence-corrected chi connectivity index (χ4v) is 8.35. The van der Waals surface area contributed by atoms with Crippen LogP contribution < -0.4 is 0 Å². The smallest absolute Gasteiger partial charge is 0.204 e. The maximum Gasteiger partial charge on any atom is 0.204 e. The van der Waals surface area contributed by atoms with Crippen molar-refractivity contribution in [3.05, 3.63) is 101 Å². The topological polar surface area (TPSA) is 182 Å². The van der Waals surface area contributed by atoms with Gasteiger partial charge in [0.25, 0.3) is 0 Å². The highest BCUT2D eigenvalue weighted by Crippen LogP contribution is 2.62. The third kappa shape index (κ3) is 4.38. The molecule has 0 spiro atoms. The van der Waals surface area contributed by atoms with Crippen LogP contribution in [-0.4, -0.2) is 46.0 Å². The van der Waals surface area contributed by atoms with E-state index in [0.29, 0.717) is 60.8 Å². The van der Waals surface area contributed by atoms with Crippen molar-refractivity contribution < 1.29 is 46.0 Å². The second kappa shape index (κ2) is 11.8. The molecular formula is C45H36O9. The molecule has 0 unspecified atom stereocenters. The van der Waals surface area contributed by atoms with Gasteiger partial charge in [-0.3, -0.25) is 0 Å². The zero-order valence-corrected chi connectivity index (χ0v) is 30.0. The molecule has 0 fully saturated rings. The van der Waals surface area contributed by atoms with Crippen molar-refractivity contribution in [2.24, 2.45) is 0 Å². The molecule has 270 valence electrons. The van der Waals surface area contributed by atoms with Crippen LogP contribution in [0.15, 0.2) is 72.8 Å². The van der Waals surface area contributed by atoms with E-state index in [-0.39, 0.29) is 38.4 Å². The van der Waals surface area contributed by atoms with E-state index in [4.69, 9.17) is 0 Å². The average Bonchev–Trinajstić information content (AvgIpc) is 3.18. The van der Waals surface area contributed by atoms with Crippen LogP contribution in [0.25, 0.3) is 76.5 Å². The average molecular weight is 721 g/mol. The predicted molar refractivity (Wildman–Crippen MR) is 211 cm³/mol. The van der Waals surface area contributed by atoms with E-state index in [9.17, 15) is 46.0 Å². The summed E-state index contributed by atoms with van der Waals surface area (Å²) < 4.78 is 0. The summed E-state index contributed by atoms with van der Waals surface area (Å²) >= 11 is 0. The summed E-state index contributed by atoms with van der Waals surface area (Å²) in [5, 5.41) is 105. The normalized spacial score (nSPS) is 11.7. The van der Waals surface area contributed by atoms with E-state index in [0.717, 1.165) is 10.8 Å². The molecule has 9 nitrogen and oxygen atoms in total. The number of rotatable bonds is 3. The molecule has 8 aromatic rings. The Bertz CT molecular complexity index is 2960. The minimum absolute atomic E-state index is 0.00650. The van der Waals surface area contributed by atoms with Gasteiger partial charge in [0, 0.05) is 38.2 Å². The highest BCUT2D eigenvalue weighted by Gasteiger charge is 2.34. The van der Waals surface area contributed by atoms with Gasteiger partial charge in [0.2, 0.25) is 23.0 Å². The van der Waals surface area contributed by atoms with Crippen LogP contribution >= 0.6 is 0 Å². The lowest BCUT2D eigenvalue weighted by molar-refractivity contribution is 0.350. The summed E-state index contributed by atoms with van der Waals surface area (Å²) in [6.07, 6.45) is 0. The van der Waals surface area contributed by atoms with Crippen LogP contribution in [-0.2, 0) is 0 Å². The van der Waals surface area contributed by atoms with Crippen molar-refractivity contribution in [3.8, 4) is 85.1 Å². The van der Waals surface area contributed by atoms with Crippen molar-refractivity contribution >= 4 is 43.1 Å². The third-order valence-electron chi connectivity index (χ3n) is 11.2. The minimum atomic E-state index is -1.01. The molecule has 0 bridgehead atoms. The Morgan fingerprint density at radius 1 is 0.278 bits per heavy atom. The summed E-state index contributed by atoms with van der Waals surface area (Å²) in [4.78, 5) is 0. The Hall–Kier alpha value is -7.00. The van der Waals surface area contributed by atoms with Crippen LogP contribution in [0.4, 0.5) is 0 Å². The summed E-state index contributed by atoms with van der Waals surface area (Å²) in [6, 6.07) is 22.6. The fraction of sp³-hybridized carbons (Fsp3) is 0.111. The molecule has 0 saturated heterocycles. The fourth-order valence-electron chi connectivity index (χ4n) is 8.35. The Labute approximate surface area is 308 Å². The molecule has 0 aliphatic heterocycles. The van der Waals surface area contributed by atoms with E-state index in [1.807, 2.05) is 79.7 Å². The molecule has 0 heterocycles.